The van der Waals surface area contributed by atoms with E-state index in [9.17, 15) is 9.90 Å². The number of carboxylic acid groups (broad SMARTS) is 1. The lowest BCUT2D eigenvalue weighted by atomic mass is 9.93. The molecule has 0 amide bonds. The molecule has 2 atom stereocenters. The van der Waals surface area contributed by atoms with Gasteiger partial charge in [0.15, 0.2) is 0 Å². The van der Waals surface area contributed by atoms with Crippen LogP contribution in [0.3, 0.4) is 0 Å². The zero-order chi connectivity index (χ0) is 18.0. The molecule has 2 aromatic rings. The van der Waals surface area contributed by atoms with Gasteiger partial charge in [0.25, 0.3) is 0 Å². The summed E-state index contributed by atoms with van der Waals surface area (Å²) in [7, 11) is 5.81. The number of anilines is 1. The summed E-state index contributed by atoms with van der Waals surface area (Å²) in [6, 6.07) is 11.7. The highest BCUT2D eigenvalue weighted by atomic mass is 16.5. The number of hydrogen-bond donors (Lipinski definition) is 1. The van der Waals surface area contributed by atoms with E-state index in [0.717, 1.165) is 18.8 Å². The SMILES string of the molecule is COc1ccc([C@@H]2CN(c3cc(C(=O)O)ccn3)C[C@H]2N(C)C)cc1. The Morgan fingerprint density at radius 3 is 2.56 bits per heavy atom. The molecule has 1 saturated heterocycles. The minimum atomic E-state index is -0.932. The van der Waals surface area contributed by atoms with E-state index in [2.05, 4.69) is 41.0 Å². The molecule has 1 fully saturated rings. The van der Waals surface area contributed by atoms with E-state index < -0.39 is 5.97 Å². The first-order chi connectivity index (χ1) is 12.0. The van der Waals surface area contributed by atoms with Crippen molar-refractivity contribution in [2.24, 2.45) is 0 Å². The molecule has 3 rings (SSSR count). The molecule has 1 N–H and O–H groups in total. The van der Waals surface area contributed by atoms with Crippen LogP contribution in [0.5, 0.6) is 5.75 Å². The van der Waals surface area contributed by atoms with Crippen LogP contribution in [0, 0.1) is 0 Å². The molecule has 0 spiro atoms. The Morgan fingerprint density at radius 1 is 1.24 bits per heavy atom. The number of aromatic carboxylic acids is 1. The molecule has 0 unspecified atom stereocenters. The summed E-state index contributed by atoms with van der Waals surface area (Å²) in [6.07, 6.45) is 1.56. The predicted molar refractivity (Wildman–Crippen MR) is 96.6 cm³/mol. The third kappa shape index (κ3) is 3.58. The maximum absolute atomic E-state index is 11.2. The van der Waals surface area contributed by atoms with Crippen LogP contribution in [0.15, 0.2) is 42.6 Å². The van der Waals surface area contributed by atoms with Gasteiger partial charge in [0, 0.05) is 31.2 Å². The van der Waals surface area contributed by atoms with Crippen LogP contribution >= 0.6 is 0 Å². The monoisotopic (exact) mass is 341 g/mol. The summed E-state index contributed by atoms with van der Waals surface area (Å²) in [5.74, 6) is 0.938. The molecule has 6 heteroatoms. The number of benzene rings is 1. The highest BCUT2D eigenvalue weighted by molar-refractivity contribution is 5.88. The highest BCUT2D eigenvalue weighted by Crippen LogP contribution is 2.33. The second kappa shape index (κ2) is 7.11. The molecular formula is C19H23N3O3. The Labute approximate surface area is 147 Å². The van der Waals surface area contributed by atoms with E-state index in [1.807, 2.05) is 12.1 Å². The Kier molecular flexibility index (Phi) is 4.90. The van der Waals surface area contributed by atoms with Gasteiger partial charge in [-0.05, 0) is 43.9 Å². The Balaban J connectivity index is 1.87. The fourth-order valence-corrected chi connectivity index (χ4v) is 3.40. The molecule has 0 saturated carbocycles. The van der Waals surface area contributed by atoms with Crippen molar-refractivity contribution in [2.45, 2.75) is 12.0 Å². The van der Waals surface area contributed by atoms with E-state index in [4.69, 9.17) is 4.74 Å². The van der Waals surface area contributed by atoms with Crippen molar-refractivity contribution in [3.05, 3.63) is 53.7 Å². The van der Waals surface area contributed by atoms with Gasteiger partial charge >= 0.3 is 5.97 Å². The van der Waals surface area contributed by atoms with E-state index >= 15 is 0 Å². The zero-order valence-electron chi connectivity index (χ0n) is 14.7. The number of ether oxygens (including phenoxy) is 1. The van der Waals surface area contributed by atoms with Crippen molar-refractivity contribution in [1.29, 1.82) is 0 Å². The topological polar surface area (TPSA) is 65.9 Å². The van der Waals surface area contributed by atoms with Gasteiger partial charge in [-0.15, -0.1) is 0 Å². The Hall–Kier alpha value is -2.60. The molecule has 132 valence electrons. The van der Waals surface area contributed by atoms with Crippen molar-refractivity contribution in [3.63, 3.8) is 0 Å². The molecule has 2 heterocycles. The van der Waals surface area contributed by atoms with Crippen molar-refractivity contribution in [2.75, 3.05) is 39.2 Å². The first-order valence-corrected chi connectivity index (χ1v) is 8.24. The Bertz CT molecular complexity index is 746. The second-order valence-electron chi connectivity index (χ2n) is 6.52. The normalized spacial score (nSPS) is 20.1. The molecular weight excluding hydrogens is 318 g/mol. The molecule has 1 aromatic carbocycles. The second-order valence-corrected chi connectivity index (χ2v) is 6.52. The van der Waals surface area contributed by atoms with Crippen molar-refractivity contribution >= 4 is 11.8 Å². The third-order valence-electron chi connectivity index (χ3n) is 4.81. The standard InChI is InChI=1S/C19H23N3O3/c1-21(2)17-12-22(18-10-14(19(23)24)8-9-20-18)11-16(17)13-4-6-15(25-3)7-5-13/h4-10,16-17H,11-12H2,1-3H3,(H,23,24)/t16-,17+/m0/s1. The number of hydrogen-bond acceptors (Lipinski definition) is 5. The maximum Gasteiger partial charge on any atom is 0.335 e. The van der Waals surface area contributed by atoms with Crippen molar-refractivity contribution in [1.82, 2.24) is 9.88 Å². The number of carboxylic acids is 1. The van der Waals surface area contributed by atoms with Gasteiger partial charge in [-0.25, -0.2) is 9.78 Å². The number of aromatic nitrogens is 1. The van der Waals surface area contributed by atoms with Crippen LogP contribution in [-0.2, 0) is 0 Å². The minimum Gasteiger partial charge on any atom is -0.497 e. The van der Waals surface area contributed by atoms with Crippen molar-refractivity contribution in [3.8, 4) is 5.75 Å². The average Bonchev–Trinajstić information content (AvgIpc) is 3.07. The highest BCUT2D eigenvalue weighted by Gasteiger charge is 2.35. The van der Waals surface area contributed by atoms with Crippen LogP contribution in [0.1, 0.15) is 21.8 Å². The lowest BCUT2D eigenvalue weighted by Gasteiger charge is -2.25. The largest absolute Gasteiger partial charge is 0.497 e. The number of rotatable bonds is 5. The van der Waals surface area contributed by atoms with E-state index in [1.54, 1.807) is 19.4 Å². The van der Waals surface area contributed by atoms with Gasteiger partial charge in [0.2, 0.25) is 0 Å². The number of nitrogens with zero attached hydrogens (tertiary/aromatic N) is 3. The summed E-state index contributed by atoms with van der Waals surface area (Å²) in [5, 5.41) is 9.21. The predicted octanol–water partition coefficient (Wildman–Crippen LogP) is 2.32. The maximum atomic E-state index is 11.2. The lowest BCUT2D eigenvalue weighted by Crippen LogP contribution is -2.34. The first kappa shape index (κ1) is 17.2. The molecule has 1 aliphatic heterocycles. The minimum absolute atomic E-state index is 0.263. The van der Waals surface area contributed by atoms with Crippen molar-refractivity contribution < 1.29 is 14.6 Å². The van der Waals surface area contributed by atoms with Gasteiger partial charge in [-0.3, -0.25) is 0 Å². The lowest BCUT2D eigenvalue weighted by molar-refractivity contribution is 0.0697. The fourth-order valence-electron chi connectivity index (χ4n) is 3.40. The first-order valence-electron chi connectivity index (χ1n) is 8.24. The molecule has 0 bridgehead atoms. The molecule has 1 aliphatic rings. The average molecular weight is 341 g/mol. The number of pyridine rings is 1. The number of carbonyl (C=O) groups is 1. The zero-order valence-corrected chi connectivity index (χ0v) is 14.7. The molecule has 6 nitrogen and oxygen atoms in total. The van der Waals surface area contributed by atoms with E-state index in [-0.39, 0.29) is 5.56 Å². The van der Waals surface area contributed by atoms with Crippen LogP contribution < -0.4 is 9.64 Å². The van der Waals surface area contributed by atoms with Gasteiger partial charge in [-0.1, -0.05) is 12.1 Å². The van der Waals surface area contributed by atoms with Gasteiger partial charge in [0.05, 0.1) is 12.7 Å². The Morgan fingerprint density at radius 2 is 1.96 bits per heavy atom. The van der Waals surface area contributed by atoms with Gasteiger partial charge in [0.1, 0.15) is 11.6 Å². The summed E-state index contributed by atoms with van der Waals surface area (Å²) in [4.78, 5) is 20.0. The quantitative estimate of drug-likeness (QED) is 0.900. The number of likely N-dealkylation sites (N-methyl/N-ethyl adjacent to an activating group) is 1. The summed E-state index contributed by atoms with van der Waals surface area (Å²) in [5.41, 5.74) is 1.51. The van der Waals surface area contributed by atoms with Gasteiger partial charge in [-0.2, -0.15) is 0 Å². The third-order valence-corrected chi connectivity index (χ3v) is 4.81. The van der Waals surface area contributed by atoms with Crippen LogP contribution in [0.25, 0.3) is 0 Å². The van der Waals surface area contributed by atoms with E-state index in [1.165, 1.54) is 11.6 Å². The summed E-state index contributed by atoms with van der Waals surface area (Å²) < 4.78 is 5.25. The smallest absolute Gasteiger partial charge is 0.335 e. The van der Waals surface area contributed by atoms with Crippen LogP contribution in [0.4, 0.5) is 5.82 Å². The summed E-state index contributed by atoms with van der Waals surface area (Å²) >= 11 is 0. The molecule has 1 aromatic heterocycles. The fraction of sp³-hybridized carbons (Fsp3) is 0.368. The molecule has 25 heavy (non-hydrogen) atoms. The van der Waals surface area contributed by atoms with E-state index in [0.29, 0.717) is 17.8 Å². The van der Waals surface area contributed by atoms with Crippen LogP contribution in [-0.4, -0.2) is 61.3 Å². The number of methoxy groups -OCH3 is 1. The van der Waals surface area contributed by atoms with Crippen LogP contribution in [0.2, 0.25) is 0 Å². The van der Waals surface area contributed by atoms with Gasteiger partial charge < -0.3 is 19.6 Å². The summed E-state index contributed by atoms with van der Waals surface area (Å²) in [6.45, 7) is 1.60. The molecule has 0 radical (unpaired) electrons. The molecule has 0 aliphatic carbocycles.